The number of rotatable bonds is 5. The lowest BCUT2D eigenvalue weighted by molar-refractivity contribution is 0.0461. The van der Waals surface area contributed by atoms with Gasteiger partial charge in [-0.15, -0.1) is 0 Å². The Labute approximate surface area is 190 Å². The van der Waals surface area contributed by atoms with Gasteiger partial charge in [-0.05, 0) is 44.2 Å². The van der Waals surface area contributed by atoms with Crippen molar-refractivity contribution in [3.8, 4) is 0 Å². The summed E-state index contributed by atoms with van der Waals surface area (Å²) in [6.07, 6.45) is -1.06. The predicted molar refractivity (Wildman–Crippen MR) is 115 cm³/mol. The van der Waals surface area contributed by atoms with E-state index in [2.05, 4.69) is 5.32 Å². The summed E-state index contributed by atoms with van der Waals surface area (Å²) >= 11 is 5.72. The second-order valence-electron chi connectivity index (χ2n) is 8.06. The topological polar surface area (TPSA) is 95.9 Å². The van der Waals surface area contributed by atoms with Crippen LogP contribution in [0.25, 0.3) is 0 Å². The molecule has 1 heterocycles. The molecule has 1 saturated heterocycles. The van der Waals surface area contributed by atoms with Crippen LogP contribution in [0, 0.1) is 5.82 Å². The number of ether oxygens (including phenoxy) is 1. The first-order valence-corrected chi connectivity index (χ1v) is 11.5. The number of aliphatic hydroxyl groups excluding tert-OH is 1. The minimum Gasteiger partial charge on any atom is -0.389 e. The Bertz CT molecular complexity index is 1130. The number of alkyl halides is 1. The third-order valence-electron chi connectivity index (χ3n) is 5.04. The van der Waals surface area contributed by atoms with Crippen LogP contribution in [-0.4, -0.2) is 55.1 Å². The number of amides is 1. The maximum atomic E-state index is 13.7. The number of β-amino-alcohol motifs (C(OH)–C–C–N with tert-alkyl or cyclic N) is 1. The number of nitrogens with zero attached hydrogens (tertiary/aromatic N) is 1. The molecule has 0 spiro atoms. The molecule has 1 unspecified atom stereocenters. The number of aliphatic hydroxyl groups is 1. The molecule has 1 aliphatic heterocycles. The highest BCUT2D eigenvalue weighted by molar-refractivity contribution is 7.89. The van der Waals surface area contributed by atoms with E-state index in [1.807, 2.05) is 0 Å². The second-order valence-corrected chi connectivity index (χ2v) is 10.3. The molecule has 0 aliphatic carbocycles. The minimum absolute atomic E-state index is 0.0275. The van der Waals surface area contributed by atoms with Gasteiger partial charge in [0.25, 0.3) is 5.91 Å². The van der Waals surface area contributed by atoms with E-state index >= 15 is 0 Å². The number of hydrogen-bond acceptors (Lipinski definition) is 5. The first-order chi connectivity index (χ1) is 15.0. The van der Waals surface area contributed by atoms with E-state index in [4.69, 9.17) is 16.3 Å². The van der Waals surface area contributed by atoms with Crippen LogP contribution in [0.15, 0.2) is 41.3 Å². The number of nitrogens with one attached hydrogen (secondary N) is 1. The Balaban J connectivity index is 1.99. The van der Waals surface area contributed by atoms with Crippen LogP contribution in [0.5, 0.6) is 0 Å². The van der Waals surface area contributed by atoms with E-state index in [0.717, 1.165) is 16.4 Å². The summed E-state index contributed by atoms with van der Waals surface area (Å²) in [5.74, 6) is -1.34. The lowest BCUT2D eigenvalue weighted by Crippen LogP contribution is -2.51. The summed E-state index contributed by atoms with van der Waals surface area (Å²) < 4.78 is 60.4. The molecule has 2 aromatic rings. The van der Waals surface area contributed by atoms with Crippen molar-refractivity contribution >= 4 is 33.2 Å². The van der Waals surface area contributed by atoms with E-state index < -0.39 is 40.1 Å². The third-order valence-corrected chi connectivity index (χ3v) is 7.49. The lowest BCUT2D eigenvalue weighted by atomic mass is 10.1. The fraction of sp³-hybridized carbons (Fsp3) is 0.381. The molecule has 7 nitrogen and oxygen atoms in total. The third kappa shape index (κ3) is 5.10. The first kappa shape index (κ1) is 24.5. The van der Waals surface area contributed by atoms with Gasteiger partial charge in [0.2, 0.25) is 10.0 Å². The molecule has 2 aromatic carbocycles. The predicted octanol–water partition coefficient (Wildman–Crippen LogP) is 3.36. The Morgan fingerprint density at radius 2 is 2.03 bits per heavy atom. The standard InChI is InChI=1S/C21H23ClF2N2O5S/c1-21(2)12-31-11-16(27)10-26(21)32(29,30)19-7-13(3-4-14(19)9-23)20(28)25-15-5-6-18(24)17(22)8-15/h3-8,16,27H,9-12H2,1-2H3,(H,25,28). The molecule has 1 atom stereocenters. The van der Waals surface area contributed by atoms with Gasteiger partial charge in [-0.2, -0.15) is 4.31 Å². The van der Waals surface area contributed by atoms with Gasteiger partial charge in [0, 0.05) is 23.4 Å². The number of hydrogen-bond donors (Lipinski definition) is 2. The monoisotopic (exact) mass is 488 g/mol. The Hall–Kier alpha value is -2.11. The van der Waals surface area contributed by atoms with Crippen LogP contribution >= 0.6 is 11.6 Å². The average Bonchev–Trinajstić information content (AvgIpc) is 2.87. The molecule has 0 aromatic heterocycles. The summed E-state index contributed by atoms with van der Waals surface area (Å²) in [6.45, 7) is 1.94. The Kier molecular flexibility index (Phi) is 7.21. The van der Waals surface area contributed by atoms with Crippen LogP contribution in [0.3, 0.4) is 0 Å². The average molecular weight is 489 g/mol. The van der Waals surface area contributed by atoms with Crippen LogP contribution in [0.1, 0.15) is 29.8 Å². The summed E-state index contributed by atoms with van der Waals surface area (Å²) in [7, 11) is -4.31. The molecule has 3 rings (SSSR count). The van der Waals surface area contributed by atoms with Crippen molar-refractivity contribution in [2.75, 3.05) is 25.1 Å². The van der Waals surface area contributed by atoms with Crippen LogP contribution in [-0.2, 0) is 21.4 Å². The fourth-order valence-corrected chi connectivity index (χ4v) is 5.59. The van der Waals surface area contributed by atoms with Gasteiger partial charge in [-0.25, -0.2) is 17.2 Å². The Morgan fingerprint density at radius 3 is 2.69 bits per heavy atom. The van der Waals surface area contributed by atoms with Gasteiger partial charge in [0.15, 0.2) is 0 Å². The van der Waals surface area contributed by atoms with Gasteiger partial charge in [-0.3, -0.25) is 4.79 Å². The molecule has 32 heavy (non-hydrogen) atoms. The van der Waals surface area contributed by atoms with Gasteiger partial charge < -0.3 is 15.2 Å². The SMILES string of the molecule is CC1(C)COCC(O)CN1S(=O)(=O)c1cc(C(=O)Nc2ccc(F)c(Cl)c2)ccc1CF. The van der Waals surface area contributed by atoms with Crippen molar-refractivity contribution in [1.82, 2.24) is 4.31 Å². The minimum atomic E-state index is -4.31. The number of halogens is 3. The van der Waals surface area contributed by atoms with E-state index in [0.29, 0.717) is 0 Å². The normalized spacial score (nSPS) is 19.4. The number of sulfonamides is 1. The number of carbonyl (C=O) groups is 1. The van der Waals surface area contributed by atoms with E-state index in [1.54, 1.807) is 13.8 Å². The van der Waals surface area contributed by atoms with Gasteiger partial charge in [-0.1, -0.05) is 17.7 Å². The zero-order valence-electron chi connectivity index (χ0n) is 17.4. The second kappa shape index (κ2) is 9.40. The highest BCUT2D eigenvalue weighted by Gasteiger charge is 2.41. The molecule has 11 heteroatoms. The van der Waals surface area contributed by atoms with E-state index in [1.165, 1.54) is 24.3 Å². The molecule has 2 N–H and O–H groups in total. The number of carbonyl (C=O) groups excluding carboxylic acids is 1. The molecular formula is C21H23ClF2N2O5S. The van der Waals surface area contributed by atoms with Crippen LogP contribution < -0.4 is 5.32 Å². The highest BCUT2D eigenvalue weighted by Crippen LogP contribution is 2.30. The summed E-state index contributed by atoms with van der Waals surface area (Å²) in [4.78, 5) is 12.3. The fourth-order valence-electron chi connectivity index (χ4n) is 3.37. The highest BCUT2D eigenvalue weighted by atomic mass is 35.5. The van der Waals surface area contributed by atoms with Crippen molar-refractivity contribution in [2.45, 2.75) is 37.1 Å². The summed E-state index contributed by atoms with van der Waals surface area (Å²) in [6, 6.07) is 7.18. The molecule has 1 amide bonds. The number of benzene rings is 2. The van der Waals surface area contributed by atoms with Crippen molar-refractivity contribution in [2.24, 2.45) is 0 Å². The van der Waals surface area contributed by atoms with Crippen LogP contribution in [0.2, 0.25) is 5.02 Å². The van der Waals surface area contributed by atoms with Crippen molar-refractivity contribution < 1.29 is 31.8 Å². The molecule has 174 valence electrons. The molecule has 1 aliphatic rings. The molecule has 0 radical (unpaired) electrons. The summed E-state index contributed by atoms with van der Waals surface area (Å²) in [5, 5.41) is 12.4. The molecule has 1 fully saturated rings. The molecule has 0 bridgehead atoms. The van der Waals surface area contributed by atoms with Crippen molar-refractivity contribution in [3.63, 3.8) is 0 Å². The zero-order chi connectivity index (χ0) is 23.7. The zero-order valence-corrected chi connectivity index (χ0v) is 19.0. The van der Waals surface area contributed by atoms with E-state index in [9.17, 15) is 27.1 Å². The van der Waals surface area contributed by atoms with Crippen LogP contribution in [0.4, 0.5) is 14.5 Å². The maximum Gasteiger partial charge on any atom is 0.255 e. The summed E-state index contributed by atoms with van der Waals surface area (Å²) in [5.41, 5.74) is -0.991. The molecule has 0 saturated carbocycles. The van der Waals surface area contributed by atoms with Gasteiger partial charge in [0.05, 0.1) is 34.8 Å². The maximum absolute atomic E-state index is 13.7. The van der Waals surface area contributed by atoms with Crippen molar-refractivity contribution in [1.29, 1.82) is 0 Å². The van der Waals surface area contributed by atoms with Gasteiger partial charge >= 0.3 is 0 Å². The lowest BCUT2D eigenvalue weighted by Gasteiger charge is -2.35. The smallest absolute Gasteiger partial charge is 0.255 e. The largest absolute Gasteiger partial charge is 0.389 e. The number of anilines is 1. The van der Waals surface area contributed by atoms with E-state index in [-0.39, 0.29) is 46.5 Å². The van der Waals surface area contributed by atoms with Crippen molar-refractivity contribution in [3.05, 3.63) is 58.4 Å². The first-order valence-electron chi connectivity index (χ1n) is 9.69. The quantitative estimate of drug-likeness (QED) is 0.673. The van der Waals surface area contributed by atoms with Gasteiger partial charge in [0.1, 0.15) is 12.5 Å². The molecular weight excluding hydrogens is 466 g/mol. The Morgan fingerprint density at radius 1 is 1.31 bits per heavy atom.